The Kier molecular flexibility index (Phi) is 7.99. The zero-order valence-electron chi connectivity index (χ0n) is 17.2. The van der Waals surface area contributed by atoms with E-state index >= 15 is 0 Å². The zero-order chi connectivity index (χ0) is 22.3. The fourth-order valence-corrected chi connectivity index (χ4v) is 2.84. The Hall–Kier alpha value is -3.33. The second-order valence-electron chi connectivity index (χ2n) is 5.92. The summed E-state index contributed by atoms with van der Waals surface area (Å²) in [5.41, 5.74) is 0.478. The van der Waals surface area contributed by atoms with Gasteiger partial charge in [-0.3, -0.25) is 9.59 Å². The van der Waals surface area contributed by atoms with Crippen LogP contribution in [0.5, 0.6) is 23.0 Å². The maximum atomic E-state index is 12.8. The molecule has 2 aromatic carbocycles. The van der Waals surface area contributed by atoms with E-state index in [1.54, 1.807) is 18.2 Å². The molecule has 0 aliphatic carbocycles. The number of rotatable bonds is 9. The van der Waals surface area contributed by atoms with Crippen LogP contribution in [0.3, 0.4) is 0 Å². The molecule has 0 fully saturated rings. The van der Waals surface area contributed by atoms with Crippen molar-refractivity contribution in [3.8, 4) is 23.0 Å². The number of ketones is 1. The molecule has 1 unspecified atom stereocenters. The van der Waals surface area contributed by atoms with Gasteiger partial charge >= 0.3 is 0 Å². The van der Waals surface area contributed by atoms with Crippen LogP contribution in [0.2, 0.25) is 5.02 Å². The number of Topliss-reactive ketones (excluding diaryl/α,β-unsaturated/α-hetero) is 1. The van der Waals surface area contributed by atoms with Gasteiger partial charge in [0.15, 0.2) is 17.2 Å². The van der Waals surface area contributed by atoms with Crippen LogP contribution in [0, 0.1) is 0 Å². The number of halogens is 1. The lowest BCUT2D eigenvalue weighted by Crippen LogP contribution is -2.32. The lowest BCUT2D eigenvalue weighted by atomic mass is 10.2. The molecule has 0 saturated heterocycles. The van der Waals surface area contributed by atoms with Crippen LogP contribution in [0.25, 0.3) is 0 Å². The summed E-state index contributed by atoms with van der Waals surface area (Å²) in [5, 5.41) is 10.8. The third-order valence-electron chi connectivity index (χ3n) is 4.02. The Morgan fingerprint density at radius 1 is 1.00 bits per heavy atom. The summed E-state index contributed by atoms with van der Waals surface area (Å²) in [6.45, 7) is 1.23. The summed E-state index contributed by atoms with van der Waals surface area (Å²) in [6.07, 6.45) is 0. The van der Waals surface area contributed by atoms with Crippen LogP contribution in [-0.4, -0.2) is 46.2 Å². The molecule has 160 valence electrons. The van der Waals surface area contributed by atoms with Gasteiger partial charge in [0, 0.05) is 12.1 Å². The van der Waals surface area contributed by atoms with Crippen LogP contribution in [0.1, 0.15) is 6.92 Å². The fraction of sp³-hybridized carbons (Fsp3) is 0.300. The molecule has 0 saturated carbocycles. The summed E-state index contributed by atoms with van der Waals surface area (Å²) in [4.78, 5) is 24.9. The number of carbonyl (C=O) groups is 2. The molecule has 0 aliphatic heterocycles. The van der Waals surface area contributed by atoms with Crippen molar-refractivity contribution < 1.29 is 28.5 Å². The molecule has 30 heavy (non-hydrogen) atoms. The van der Waals surface area contributed by atoms with Gasteiger partial charge in [0.2, 0.25) is 6.04 Å². The number of ether oxygens (including phenoxy) is 4. The van der Waals surface area contributed by atoms with Crippen molar-refractivity contribution >= 4 is 34.7 Å². The molecular weight excluding hydrogens is 414 g/mol. The predicted molar refractivity (Wildman–Crippen MR) is 112 cm³/mol. The molecule has 1 atom stereocenters. The minimum Gasteiger partial charge on any atom is -0.497 e. The monoisotopic (exact) mass is 435 g/mol. The number of amides is 1. The highest BCUT2D eigenvalue weighted by Gasteiger charge is 2.25. The lowest BCUT2D eigenvalue weighted by Gasteiger charge is -2.15. The molecule has 1 N–H and O–H groups in total. The molecule has 2 rings (SSSR count). The molecule has 0 bridgehead atoms. The Labute approximate surface area is 178 Å². The van der Waals surface area contributed by atoms with Gasteiger partial charge < -0.3 is 24.3 Å². The van der Waals surface area contributed by atoms with Crippen molar-refractivity contribution in [2.45, 2.75) is 13.0 Å². The van der Waals surface area contributed by atoms with Crippen LogP contribution in [-0.2, 0) is 9.59 Å². The Morgan fingerprint density at radius 2 is 1.63 bits per heavy atom. The van der Waals surface area contributed by atoms with E-state index in [0.717, 1.165) is 0 Å². The molecule has 0 spiro atoms. The van der Waals surface area contributed by atoms with E-state index in [-0.39, 0.29) is 22.1 Å². The Balaban J connectivity index is 2.37. The van der Waals surface area contributed by atoms with Gasteiger partial charge in [0.25, 0.3) is 5.91 Å². The van der Waals surface area contributed by atoms with Crippen LogP contribution in [0.15, 0.2) is 40.6 Å². The number of hydrogen-bond donors (Lipinski definition) is 1. The first-order valence-corrected chi connectivity index (χ1v) is 9.08. The van der Waals surface area contributed by atoms with E-state index in [9.17, 15) is 9.59 Å². The maximum Gasteiger partial charge on any atom is 0.258 e. The third-order valence-corrected chi connectivity index (χ3v) is 4.30. The summed E-state index contributed by atoms with van der Waals surface area (Å²) in [6, 6.07) is 6.65. The highest BCUT2D eigenvalue weighted by Crippen LogP contribution is 2.38. The number of azo groups is 1. The minimum atomic E-state index is -1.42. The molecule has 0 aromatic heterocycles. The average Bonchev–Trinajstić information content (AvgIpc) is 2.73. The SMILES string of the molecule is COc1cc(Cl)c(OC)c(NC(=O)C(N=Nc2c(OC)cccc2OC)C(C)=O)c1. The van der Waals surface area contributed by atoms with E-state index in [4.69, 9.17) is 30.5 Å². The third kappa shape index (κ3) is 5.18. The molecule has 2 aromatic rings. The lowest BCUT2D eigenvalue weighted by molar-refractivity contribution is -0.126. The number of anilines is 1. The van der Waals surface area contributed by atoms with Gasteiger partial charge in [-0.2, -0.15) is 5.11 Å². The van der Waals surface area contributed by atoms with Crippen molar-refractivity contribution in [1.82, 2.24) is 0 Å². The maximum absolute atomic E-state index is 12.8. The topological polar surface area (TPSA) is 108 Å². The fourth-order valence-electron chi connectivity index (χ4n) is 2.55. The predicted octanol–water partition coefficient (Wildman–Crippen LogP) is 4.05. The minimum absolute atomic E-state index is 0.219. The van der Waals surface area contributed by atoms with Crippen molar-refractivity contribution in [3.63, 3.8) is 0 Å². The highest BCUT2D eigenvalue weighted by atomic mass is 35.5. The van der Waals surface area contributed by atoms with Crippen LogP contribution >= 0.6 is 11.6 Å². The number of methoxy groups -OCH3 is 4. The number of carbonyl (C=O) groups excluding carboxylic acids is 2. The molecular formula is C20H22ClN3O6. The average molecular weight is 436 g/mol. The van der Waals surface area contributed by atoms with Gasteiger partial charge in [0.1, 0.15) is 17.2 Å². The van der Waals surface area contributed by atoms with Crippen molar-refractivity contribution in [1.29, 1.82) is 0 Å². The molecule has 10 heteroatoms. The second kappa shape index (κ2) is 10.4. The summed E-state index contributed by atoms with van der Waals surface area (Å²) in [5.74, 6) is 0.136. The number of nitrogens with zero attached hydrogens (tertiary/aromatic N) is 2. The molecule has 1 amide bonds. The van der Waals surface area contributed by atoms with E-state index in [0.29, 0.717) is 17.2 Å². The van der Waals surface area contributed by atoms with Gasteiger partial charge in [-0.05, 0) is 19.1 Å². The molecule has 9 nitrogen and oxygen atoms in total. The highest BCUT2D eigenvalue weighted by molar-refractivity contribution is 6.33. The summed E-state index contributed by atoms with van der Waals surface area (Å²) in [7, 11) is 5.78. The number of benzene rings is 2. The number of nitrogens with one attached hydrogen (secondary N) is 1. The molecule has 0 aliphatic rings. The van der Waals surface area contributed by atoms with Gasteiger partial charge in [-0.1, -0.05) is 17.7 Å². The number of hydrogen-bond acceptors (Lipinski definition) is 8. The standard InChI is InChI=1S/C20H22ClN3O6/c1-11(25)17(23-24-18-15(28-3)7-6-8-16(18)29-4)20(26)22-14-10-12(27-2)9-13(21)19(14)30-5/h6-10,17H,1-5H3,(H,22,26). The van der Waals surface area contributed by atoms with E-state index < -0.39 is 17.7 Å². The largest absolute Gasteiger partial charge is 0.497 e. The van der Waals surface area contributed by atoms with E-state index in [2.05, 4.69) is 15.5 Å². The molecule has 0 heterocycles. The summed E-state index contributed by atoms with van der Waals surface area (Å²) < 4.78 is 20.9. The van der Waals surface area contributed by atoms with E-state index in [1.807, 2.05) is 0 Å². The second-order valence-corrected chi connectivity index (χ2v) is 6.33. The summed E-state index contributed by atoms with van der Waals surface area (Å²) >= 11 is 6.15. The quantitative estimate of drug-likeness (QED) is 0.470. The Bertz CT molecular complexity index is 942. The zero-order valence-corrected chi connectivity index (χ0v) is 17.9. The first-order chi connectivity index (χ1) is 14.4. The van der Waals surface area contributed by atoms with Crippen molar-refractivity contribution in [2.75, 3.05) is 33.8 Å². The first kappa shape index (κ1) is 23.0. The van der Waals surface area contributed by atoms with Gasteiger partial charge in [-0.15, -0.1) is 5.11 Å². The van der Waals surface area contributed by atoms with Crippen LogP contribution < -0.4 is 24.3 Å². The van der Waals surface area contributed by atoms with Gasteiger partial charge in [0.05, 0.1) is 39.1 Å². The van der Waals surface area contributed by atoms with Crippen LogP contribution in [0.4, 0.5) is 11.4 Å². The van der Waals surface area contributed by atoms with Crippen molar-refractivity contribution in [2.24, 2.45) is 10.2 Å². The van der Waals surface area contributed by atoms with Gasteiger partial charge in [-0.25, -0.2) is 0 Å². The van der Waals surface area contributed by atoms with Crippen molar-refractivity contribution in [3.05, 3.63) is 35.4 Å². The molecule has 0 radical (unpaired) electrons. The van der Waals surface area contributed by atoms with E-state index in [1.165, 1.54) is 47.5 Å². The first-order valence-electron chi connectivity index (χ1n) is 8.70. The smallest absolute Gasteiger partial charge is 0.258 e. The normalized spacial score (nSPS) is 11.7. The Morgan fingerprint density at radius 3 is 2.13 bits per heavy atom.